The Morgan fingerprint density at radius 2 is 1.74 bits per heavy atom. The van der Waals surface area contributed by atoms with Gasteiger partial charge in [0, 0.05) is 16.2 Å². The Morgan fingerprint density at radius 1 is 1.07 bits per heavy atom. The summed E-state index contributed by atoms with van der Waals surface area (Å²) in [4.78, 5) is 0. The molecule has 2 heterocycles. The number of aliphatic hydroxyl groups excluding tert-OH is 1. The molecule has 5 rings (SSSR count). The molecule has 5 aliphatic rings. The second-order valence-corrected chi connectivity index (χ2v) is 17.7. The van der Waals surface area contributed by atoms with Crippen LogP contribution in [0.15, 0.2) is 0 Å². The van der Waals surface area contributed by atoms with Crippen LogP contribution in [-0.2, 0) is 9.16 Å². The molecule has 2 bridgehead atoms. The highest BCUT2D eigenvalue weighted by Crippen LogP contribution is 2.90. The molecular weight excluding hydrogens is 352 g/mol. The van der Waals surface area contributed by atoms with Crippen molar-refractivity contribution in [2.24, 2.45) is 22.2 Å². The van der Waals surface area contributed by atoms with E-state index >= 15 is 0 Å². The average molecular weight is 393 g/mol. The predicted molar refractivity (Wildman–Crippen MR) is 110 cm³/mol. The molecule has 2 aliphatic heterocycles. The Kier molecular flexibility index (Phi) is 3.33. The number of rotatable bonds is 2. The molecule has 3 saturated carbocycles. The number of hydrogen-bond acceptors (Lipinski definition) is 3. The van der Waals surface area contributed by atoms with Crippen molar-refractivity contribution in [2.45, 2.75) is 122 Å². The molecule has 2 saturated heterocycles. The van der Waals surface area contributed by atoms with Gasteiger partial charge in [-0.2, -0.15) is 0 Å². The highest BCUT2D eigenvalue weighted by molar-refractivity contribution is 6.74. The number of aliphatic hydroxyl groups is 1. The van der Waals surface area contributed by atoms with Crippen LogP contribution in [0, 0.1) is 22.2 Å². The first-order valence-electron chi connectivity index (χ1n) is 11.3. The summed E-state index contributed by atoms with van der Waals surface area (Å²) in [5.74, 6) is 0.536. The summed E-state index contributed by atoms with van der Waals surface area (Å²) in [5, 5.41) is 11.8. The van der Waals surface area contributed by atoms with Crippen molar-refractivity contribution in [2.75, 3.05) is 0 Å². The Balaban J connectivity index is 1.52. The van der Waals surface area contributed by atoms with Gasteiger partial charge in [-0.05, 0) is 69.5 Å². The summed E-state index contributed by atoms with van der Waals surface area (Å²) in [6.07, 6.45) is 6.74. The molecule has 0 amide bonds. The molecule has 27 heavy (non-hydrogen) atoms. The first-order chi connectivity index (χ1) is 12.2. The maximum absolute atomic E-state index is 11.5. The maximum Gasteiger partial charge on any atom is 0.192 e. The zero-order valence-electron chi connectivity index (χ0n) is 18.7. The van der Waals surface area contributed by atoms with Crippen LogP contribution in [0.4, 0.5) is 0 Å². The lowest BCUT2D eigenvalue weighted by Gasteiger charge is -2.57. The van der Waals surface area contributed by atoms with E-state index in [4.69, 9.17) is 9.16 Å². The number of hydrogen-bond donors (Lipinski definition) is 1. The topological polar surface area (TPSA) is 38.7 Å². The molecule has 0 unspecified atom stereocenters. The van der Waals surface area contributed by atoms with Crippen LogP contribution < -0.4 is 0 Å². The zero-order chi connectivity index (χ0) is 19.9. The van der Waals surface area contributed by atoms with Gasteiger partial charge in [0.05, 0.1) is 23.4 Å². The summed E-state index contributed by atoms with van der Waals surface area (Å²) >= 11 is 0. The van der Waals surface area contributed by atoms with E-state index in [2.05, 4.69) is 54.6 Å². The lowest BCUT2D eigenvalue weighted by molar-refractivity contribution is -0.204. The van der Waals surface area contributed by atoms with Gasteiger partial charge in [0.1, 0.15) is 0 Å². The lowest BCUT2D eigenvalue weighted by Crippen LogP contribution is -2.62. The van der Waals surface area contributed by atoms with E-state index in [1.807, 2.05) is 0 Å². The van der Waals surface area contributed by atoms with Crippen LogP contribution in [0.25, 0.3) is 0 Å². The third-order valence-corrected chi connectivity index (χ3v) is 15.5. The van der Waals surface area contributed by atoms with Gasteiger partial charge in [-0.3, -0.25) is 0 Å². The van der Waals surface area contributed by atoms with Crippen LogP contribution in [0.2, 0.25) is 18.1 Å². The van der Waals surface area contributed by atoms with Gasteiger partial charge in [-0.1, -0.05) is 34.6 Å². The molecule has 3 nitrogen and oxygen atoms in total. The summed E-state index contributed by atoms with van der Waals surface area (Å²) in [5.41, 5.74) is 0.103. The molecule has 8 atom stereocenters. The van der Waals surface area contributed by atoms with Gasteiger partial charge < -0.3 is 14.3 Å². The average Bonchev–Trinajstić information content (AvgIpc) is 2.79. The van der Waals surface area contributed by atoms with E-state index in [-0.39, 0.29) is 44.7 Å². The summed E-state index contributed by atoms with van der Waals surface area (Å²) in [6, 6.07) is 0. The Hall–Kier alpha value is 0.0969. The van der Waals surface area contributed by atoms with Gasteiger partial charge in [-0.15, -0.1) is 0 Å². The monoisotopic (exact) mass is 392 g/mol. The highest BCUT2D eigenvalue weighted by atomic mass is 28.4. The van der Waals surface area contributed by atoms with Crippen molar-refractivity contribution in [1.82, 2.24) is 0 Å². The fourth-order valence-electron chi connectivity index (χ4n) is 8.30. The predicted octanol–water partition coefficient (Wildman–Crippen LogP) is 5.28. The van der Waals surface area contributed by atoms with Crippen molar-refractivity contribution in [3.8, 4) is 0 Å². The molecule has 0 aromatic heterocycles. The highest BCUT2D eigenvalue weighted by Gasteiger charge is 2.94. The third-order valence-electron chi connectivity index (χ3n) is 11.1. The SMILES string of the molecule is CC(C)(C)[Si](C)(C)O[C@H]1CC[C@@H]2[C@]1(C)C[C@@H](O)[C@]13C[C@@]1(C)[C@]1(C)CC[C@]23O1. The standard InChI is InChI=1S/C23H40O3Si/c1-18(2,3)27(7,8)25-17-10-9-15-19(17,4)13-16(24)22-14-20(22,5)21(6)11-12-23(15,22)26-21/h15-17,24H,9-14H2,1-8H3/t15-,16-,17+,19+,20+,21+,22-,23+/m1/s1. The minimum absolute atomic E-state index is 0.0169. The zero-order valence-corrected chi connectivity index (χ0v) is 19.7. The van der Waals surface area contributed by atoms with E-state index in [1.165, 1.54) is 6.42 Å². The number of ether oxygens (including phenoxy) is 1. The normalized spacial score (nSPS) is 58.8. The van der Waals surface area contributed by atoms with Crippen molar-refractivity contribution in [1.29, 1.82) is 0 Å². The van der Waals surface area contributed by atoms with E-state index in [9.17, 15) is 5.11 Å². The minimum Gasteiger partial charge on any atom is -0.413 e. The molecule has 0 aromatic carbocycles. The van der Waals surface area contributed by atoms with Gasteiger partial charge in [0.25, 0.3) is 0 Å². The van der Waals surface area contributed by atoms with Crippen molar-refractivity contribution >= 4 is 8.32 Å². The van der Waals surface area contributed by atoms with Gasteiger partial charge in [-0.25, -0.2) is 0 Å². The van der Waals surface area contributed by atoms with Crippen LogP contribution in [0.3, 0.4) is 0 Å². The Labute approximate surface area is 166 Å². The summed E-state index contributed by atoms with van der Waals surface area (Å²) in [7, 11) is -1.83. The second-order valence-electron chi connectivity index (χ2n) is 12.9. The van der Waals surface area contributed by atoms with Crippen LogP contribution in [-0.4, -0.2) is 36.8 Å². The molecule has 154 valence electrons. The van der Waals surface area contributed by atoms with Crippen LogP contribution >= 0.6 is 0 Å². The van der Waals surface area contributed by atoms with E-state index < -0.39 is 8.32 Å². The lowest BCUT2D eigenvalue weighted by atomic mass is 9.50. The molecule has 5 fully saturated rings. The summed E-state index contributed by atoms with van der Waals surface area (Å²) in [6.45, 7) is 18.9. The van der Waals surface area contributed by atoms with Gasteiger partial charge >= 0.3 is 0 Å². The van der Waals surface area contributed by atoms with E-state index in [1.54, 1.807) is 0 Å². The maximum atomic E-state index is 11.5. The molecule has 0 radical (unpaired) electrons. The van der Waals surface area contributed by atoms with Crippen molar-refractivity contribution in [3.63, 3.8) is 0 Å². The number of fused-ring (bicyclic) bond motifs is 3. The summed E-state index contributed by atoms with van der Waals surface area (Å²) < 4.78 is 14.0. The molecule has 1 N–H and O–H groups in total. The minimum atomic E-state index is -1.83. The van der Waals surface area contributed by atoms with E-state index in [0.29, 0.717) is 5.92 Å². The molecular formula is C23H40O3Si. The first kappa shape index (κ1) is 19.1. The third kappa shape index (κ3) is 1.79. The molecule has 2 spiro atoms. The quantitative estimate of drug-likeness (QED) is 0.650. The van der Waals surface area contributed by atoms with Gasteiger partial charge in [0.2, 0.25) is 0 Å². The largest absolute Gasteiger partial charge is 0.413 e. The fraction of sp³-hybridized carbons (Fsp3) is 1.00. The fourth-order valence-corrected chi connectivity index (χ4v) is 9.75. The molecule has 0 aromatic rings. The second kappa shape index (κ2) is 4.71. The van der Waals surface area contributed by atoms with Crippen LogP contribution in [0.1, 0.15) is 80.1 Å². The van der Waals surface area contributed by atoms with Crippen LogP contribution in [0.5, 0.6) is 0 Å². The Bertz CT molecular complexity index is 700. The Morgan fingerprint density at radius 3 is 2.37 bits per heavy atom. The molecule has 3 aliphatic carbocycles. The molecule has 4 heteroatoms. The van der Waals surface area contributed by atoms with Crippen molar-refractivity contribution in [3.05, 3.63) is 0 Å². The van der Waals surface area contributed by atoms with Gasteiger partial charge in [0.15, 0.2) is 8.32 Å². The smallest absolute Gasteiger partial charge is 0.192 e. The van der Waals surface area contributed by atoms with E-state index in [0.717, 1.165) is 32.1 Å². The first-order valence-corrected chi connectivity index (χ1v) is 14.2. The van der Waals surface area contributed by atoms with Crippen molar-refractivity contribution < 1.29 is 14.3 Å².